The van der Waals surface area contributed by atoms with Crippen LogP contribution >= 0.6 is 0 Å². The quantitative estimate of drug-likeness (QED) is 0.847. The first-order valence-corrected chi connectivity index (χ1v) is 6.55. The van der Waals surface area contributed by atoms with E-state index in [4.69, 9.17) is 11.0 Å². The molecule has 0 fully saturated rings. The van der Waals surface area contributed by atoms with E-state index in [0.29, 0.717) is 5.56 Å². The summed E-state index contributed by atoms with van der Waals surface area (Å²) in [5.41, 5.74) is 5.76. The van der Waals surface area contributed by atoms with E-state index in [0.717, 1.165) is 0 Å². The van der Waals surface area contributed by atoms with Crippen molar-refractivity contribution in [2.24, 2.45) is 5.73 Å². The number of sulfonamides is 1. The molecule has 0 bridgehead atoms. The molecule has 0 aliphatic heterocycles. The smallest absolute Gasteiger partial charge is 0.243 e. The van der Waals surface area contributed by atoms with Gasteiger partial charge < -0.3 is 5.73 Å². The van der Waals surface area contributed by atoms with Crippen LogP contribution < -0.4 is 5.73 Å². The van der Waals surface area contributed by atoms with Crippen molar-refractivity contribution in [3.63, 3.8) is 0 Å². The van der Waals surface area contributed by atoms with E-state index in [1.165, 1.54) is 23.5 Å². The minimum absolute atomic E-state index is 0.111. The van der Waals surface area contributed by atoms with Gasteiger partial charge >= 0.3 is 0 Å². The van der Waals surface area contributed by atoms with Gasteiger partial charge in [0.05, 0.1) is 16.5 Å². The predicted octanol–water partition coefficient (Wildman–Crippen LogP) is 0.526. The monoisotopic (exact) mass is 253 g/mol. The first-order chi connectivity index (χ1) is 7.93. The van der Waals surface area contributed by atoms with Crippen LogP contribution in [0.3, 0.4) is 0 Å². The van der Waals surface area contributed by atoms with Gasteiger partial charge in [0, 0.05) is 19.6 Å². The Morgan fingerprint density at radius 2 is 2.18 bits per heavy atom. The van der Waals surface area contributed by atoms with Crippen molar-refractivity contribution in [2.45, 2.75) is 17.9 Å². The summed E-state index contributed by atoms with van der Waals surface area (Å²) in [5.74, 6) is 0. The second kappa shape index (κ2) is 5.27. The predicted molar refractivity (Wildman–Crippen MR) is 64.6 cm³/mol. The highest BCUT2D eigenvalue weighted by molar-refractivity contribution is 7.89. The molecule has 0 spiro atoms. The molecule has 0 saturated carbocycles. The molecule has 1 rings (SSSR count). The average molecular weight is 253 g/mol. The van der Waals surface area contributed by atoms with Crippen molar-refractivity contribution in [3.8, 4) is 6.07 Å². The Bertz CT molecular complexity index is 534. The Morgan fingerprint density at radius 1 is 1.53 bits per heavy atom. The molecule has 2 N–H and O–H groups in total. The van der Waals surface area contributed by atoms with E-state index in [1.807, 2.05) is 6.07 Å². The van der Waals surface area contributed by atoms with Crippen LogP contribution in [0.5, 0.6) is 0 Å². The molecule has 0 aromatic heterocycles. The van der Waals surface area contributed by atoms with Crippen LogP contribution in [0.4, 0.5) is 0 Å². The molecule has 0 aliphatic carbocycles. The first-order valence-electron chi connectivity index (χ1n) is 5.11. The van der Waals surface area contributed by atoms with Gasteiger partial charge in [-0.05, 0) is 25.1 Å². The SMILES string of the molecule is CC(CN)N(C)S(=O)(=O)c1cccc(C#N)c1. The summed E-state index contributed by atoms with van der Waals surface area (Å²) in [5, 5.41) is 8.74. The molecule has 0 radical (unpaired) electrons. The number of nitrogens with two attached hydrogens (primary N) is 1. The van der Waals surface area contributed by atoms with E-state index in [1.54, 1.807) is 19.1 Å². The maximum atomic E-state index is 12.2. The van der Waals surface area contributed by atoms with Gasteiger partial charge in [-0.3, -0.25) is 0 Å². The molecule has 0 heterocycles. The van der Waals surface area contributed by atoms with Gasteiger partial charge in [0.25, 0.3) is 0 Å². The summed E-state index contributed by atoms with van der Waals surface area (Å²) in [6.45, 7) is 1.97. The second-order valence-corrected chi connectivity index (χ2v) is 5.74. The van der Waals surface area contributed by atoms with Crippen LogP contribution in [0.15, 0.2) is 29.2 Å². The molecule has 6 heteroatoms. The van der Waals surface area contributed by atoms with Gasteiger partial charge in [-0.25, -0.2) is 8.42 Å². The summed E-state index contributed by atoms with van der Waals surface area (Å²) in [6, 6.07) is 7.56. The van der Waals surface area contributed by atoms with E-state index < -0.39 is 10.0 Å². The first kappa shape index (κ1) is 13.6. The van der Waals surface area contributed by atoms with Crippen molar-refractivity contribution in [1.29, 1.82) is 5.26 Å². The highest BCUT2D eigenvalue weighted by Crippen LogP contribution is 2.17. The summed E-state index contributed by atoms with van der Waals surface area (Å²) < 4.78 is 25.5. The van der Waals surface area contributed by atoms with Crippen molar-refractivity contribution in [2.75, 3.05) is 13.6 Å². The third-order valence-corrected chi connectivity index (χ3v) is 4.57. The van der Waals surface area contributed by atoms with Crippen LogP contribution in [0.2, 0.25) is 0 Å². The van der Waals surface area contributed by atoms with Crippen LogP contribution in [0.25, 0.3) is 0 Å². The number of likely N-dealkylation sites (N-methyl/N-ethyl adjacent to an activating group) is 1. The van der Waals surface area contributed by atoms with Gasteiger partial charge in [-0.15, -0.1) is 0 Å². The Morgan fingerprint density at radius 3 is 2.71 bits per heavy atom. The zero-order valence-electron chi connectivity index (χ0n) is 9.79. The molecule has 1 aromatic rings. The fraction of sp³-hybridized carbons (Fsp3) is 0.364. The maximum Gasteiger partial charge on any atom is 0.243 e. The Hall–Kier alpha value is -1.42. The van der Waals surface area contributed by atoms with E-state index in [9.17, 15) is 8.42 Å². The average Bonchev–Trinajstić information content (AvgIpc) is 2.36. The summed E-state index contributed by atoms with van der Waals surface area (Å²) in [7, 11) is -2.10. The van der Waals surface area contributed by atoms with Gasteiger partial charge in [0.15, 0.2) is 0 Å². The van der Waals surface area contributed by atoms with Crippen molar-refractivity contribution in [3.05, 3.63) is 29.8 Å². The Kier molecular flexibility index (Phi) is 4.23. The number of nitrogens with zero attached hydrogens (tertiary/aromatic N) is 2. The highest BCUT2D eigenvalue weighted by Gasteiger charge is 2.24. The molecule has 17 heavy (non-hydrogen) atoms. The summed E-state index contributed by atoms with van der Waals surface area (Å²) in [6.07, 6.45) is 0. The van der Waals surface area contributed by atoms with Gasteiger partial charge in [-0.1, -0.05) is 6.07 Å². The van der Waals surface area contributed by atoms with Gasteiger partial charge in [0.1, 0.15) is 0 Å². The lowest BCUT2D eigenvalue weighted by Crippen LogP contribution is -2.39. The summed E-state index contributed by atoms with van der Waals surface area (Å²) >= 11 is 0. The molecule has 5 nitrogen and oxygen atoms in total. The minimum atomic E-state index is -3.58. The third kappa shape index (κ3) is 2.82. The molecule has 0 aliphatic rings. The fourth-order valence-electron chi connectivity index (χ4n) is 1.28. The lowest BCUT2D eigenvalue weighted by Gasteiger charge is -2.22. The van der Waals surface area contributed by atoms with Crippen molar-refractivity contribution in [1.82, 2.24) is 4.31 Å². The van der Waals surface area contributed by atoms with E-state index in [-0.39, 0.29) is 17.5 Å². The molecule has 1 atom stereocenters. The largest absolute Gasteiger partial charge is 0.329 e. The zero-order valence-corrected chi connectivity index (χ0v) is 10.6. The van der Waals surface area contributed by atoms with Gasteiger partial charge in [-0.2, -0.15) is 9.57 Å². The van der Waals surface area contributed by atoms with Crippen LogP contribution in [-0.4, -0.2) is 32.4 Å². The number of hydrogen-bond donors (Lipinski definition) is 1. The number of nitriles is 1. The fourth-order valence-corrected chi connectivity index (χ4v) is 2.70. The van der Waals surface area contributed by atoms with Crippen molar-refractivity contribution < 1.29 is 8.42 Å². The topological polar surface area (TPSA) is 87.2 Å². The molecule has 0 amide bonds. The Labute approximate surface area is 102 Å². The molecule has 1 unspecified atom stereocenters. The molecular weight excluding hydrogens is 238 g/mol. The number of rotatable bonds is 4. The normalized spacial score (nSPS) is 13.4. The van der Waals surface area contributed by atoms with Crippen molar-refractivity contribution >= 4 is 10.0 Å². The molecular formula is C11H15N3O2S. The van der Waals surface area contributed by atoms with Crippen LogP contribution in [-0.2, 0) is 10.0 Å². The second-order valence-electron chi connectivity index (χ2n) is 3.75. The molecule has 92 valence electrons. The third-order valence-electron chi connectivity index (χ3n) is 2.60. The summed E-state index contributed by atoms with van der Waals surface area (Å²) in [4.78, 5) is 0.111. The highest BCUT2D eigenvalue weighted by atomic mass is 32.2. The Balaban J connectivity index is 3.18. The van der Waals surface area contributed by atoms with E-state index >= 15 is 0 Å². The number of benzene rings is 1. The lowest BCUT2D eigenvalue weighted by atomic mass is 10.2. The molecule has 1 aromatic carbocycles. The lowest BCUT2D eigenvalue weighted by molar-refractivity contribution is 0.394. The van der Waals surface area contributed by atoms with Crippen LogP contribution in [0, 0.1) is 11.3 Å². The maximum absolute atomic E-state index is 12.2. The number of hydrogen-bond acceptors (Lipinski definition) is 4. The minimum Gasteiger partial charge on any atom is -0.329 e. The zero-order chi connectivity index (χ0) is 13.1. The van der Waals surface area contributed by atoms with Crippen LogP contribution in [0.1, 0.15) is 12.5 Å². The molecule has 0 saturated heterocycles. The van der Waals surface area contributed by atoms with E-state index in [2.05, 4.69) is 0 Å². The standard InChI is InChI=1S/C11H15N3O2S/c1-9(7-12)14(2)17(15,16)11-5-3-4-10(6-11)8-13/h3-6,9H,7,12H2,1-2H3. The van der Waals surface area contributed by atoms with Gasteiger partial charge in [0.2, 0.25) is 10.0 Å².